The average molecular weight is 200 g/mol. The van der Waals surface area contributed by atoms with Crippen molar-refractivity contribution < 1.29 is 18.3 Å². The number of hydrogen-bond donors (Lipinski definition) is 0. The van der Waals surface area contributed by atoms with Crippen molar-refractivity contribution in [3.8, 4) is 5.75 Å². The maximum atomic E-state index is 13.2. The summed E-state index contributed by atoms with van der Waals surface area (Å²) in [5.74, 6) is -1.59. The second-order valence-electron chi connectivity index (χ2n) is 2.75. The van der Waals surface area contributed by atoms with Gasteiger partial charge in [-0.05, 0) is 18.6 Å². The van der Waals surface area contributed by atoms with E-state index in [-0.39, 0.29) is 24.2 Å². The SMILES string of the molecule is COc1ccc(F)c(F)c1CCC=O. The van der Waals surface area contributed by atoms with Gasteiger partial charge < -0.3 is 9.53 Å². The van der Waals surface area contributed by atoms with Gasteiger partial charge in [0.15, 0.2) is 11.6 Å². The second-order valence-corrected chi connectivity index (χ2v) is 2.75. The molecule has 76 valence electrons. The number of carbonyl (C=O) groups is 1. The first-order chi connectivity index (χ1) is 6.70. The van der Waals surface area contributed by atoms with E-state index in [1.807, 2.05) is 0 Å². The van der Waals surface area contributed by atoms with Crippen LogP contribution in [-0.2, 0) is 11.2 Å². The van der Waals surface area contributed by atoms with Gasteiger partial charge in [-0.15, -0.1) is 0 Å². The summed E-state index contributed by atoms with van der Waals surface area (Å²) in [5.41, 5.74) is 0.111. The van der Waals surface area contributed by atoms with Crippen molar-refractivity contribution in [3.63, 3.8) is 0 Å². The van der Waals surface area contributed by atoms with Gasteiger partial charge in [0.1, 0.15) is 12.0 Å². The van der Waals surface area contributed by atoms with Gasteiger partial charge in [-0.25, -0.2) is 8.78 Å². The van der Waals surface area contributed by atoms with Crippen LogP contribution in [0.2, 0.25) is 0 Å². The summed E-state index contributed by atoms with van der Waals surface area (Å²) in [4.78, 5) is 10.1. The van der Waals surface area contributed by atoms with Crippen LogP contribution < -0.4 is 4.74 Å². The predicted octanol–water partition coefficient (Wildman–Crippen LogP) is 2.10. The van der Waals surface area contributed by atoms with Crippen LogP contribution in [0.4, 0.5) is 8.78 Å². The van der Waals surface area contributed by atoms with Gasteiger partial charge >= 0.3 is 0 Å². The number of methoxy groups -OCH3 is 1. The van der Waals surface area contributed by atoms with E-state index in [2.05, 4.69) is 0 Å². The van der Waals surface area contributed by atoms with Gasteiger partial charge in [0.25, 0.3) is 0 Å². The lowest BCUT2D eigenvalue weighted by Gasteiger charge is -2.08. The molecule has 1 aromatic rings. The van der Waals surface area contributed by atoms with Crippen molar-refractivity contribution in [3.05, 3.63) is 29.3 Å². The van der Waals surface area contributed by atoms with E-state index in [1.54, 1.807) is 0 Å². The molecule has 0 atom stereocenters. The average Bonchev–Trinajstić information content (AvgIpc) is 2.20. The molecule has 0 bridgehead atoms. The Kier molecular flexibility index (Phi) is 3.56. The van der Waals surface area contributed by atoms with E-state index in [4.69, 9.17) is 4.74 Å². The molecule has 0 aliphatic carbocycles. The van der Waals surface area contributed by atoms with Crippen LogP contribution in [-0.4, -0.2) is 13.4 Å². The molecule has 0 N–H and O–H groups in total. The first kappa shape index (κ1) is 10.6. The molecule has 14 heavy (non-hydrogen) atoms. The van der Waals surface area contributed by atoms with Crippen LogP contribution in [0.5, 0.6) is 5.75 Å². The summed E-state index contributed by atoms with van der Waals surface area (Å²) in [7, 11) is 1.37. The van der Waals surface area contributed by atoms with Gasteiger partial charge in [0.2, 0.25) is 0 Å². The zero-order chi connectivity index (χ0) is 10.6. The van der Waals surface area contributed by atoms with E-state index in [1.165, 1.54) is 13.2 Å². The van der Waals surface area contributed by atoms with Crippen molar-refractivity contribution in [1.29, 1.82) is 0 Å². The van der Waals surface area contributed by atoms with E-state index in [9.17, 15) is 13.6 Å². The first-order valence-corrected chi connectivity index (χ1v) is 4.15. The largest absolute Gasteiger partial charge is 0.496 e. The summed E-state index contributed by atoms with van der Waals surface area (Å²) >= 11 is 0. The molecule has 0 aliphatic heterocycles. The molecule has 0 aliphatic rings. The normalized spacial score (nSPS) is 9.93. The van der Waals surface area contributed by atoms with E-state index in [0.29, 0.717) is 6.29 Å². The standard InChI is InChI=1S/C10H10F2O2/c1-14-9-5-4-8(11)10(12)7(9)3-2-6-13/h4-6H,2-3H2,1H3. The number of benzene rings is 1. The summed E-state index contributed by atoms with van der Waals surface area (Å²) in [6.07, 6.45) is 0.955. The molecule has 0 unspecified atom stereocenters. The third kappa shape index (κ3) is 2.07. The third-order valence-corrected chi connectivity index (χ3v) is 1.89. The number of carbonyl (C=O) groups excluding carboxylic acids is 1. The zero-order valence-electron chi connectivity index (χ0n) is 7.72. The molecule has 0 heterocycles. The van der Waals surface area contributed by atoms with Crippen LogP contribution >= 0.6 is 0 Å². The fourth-order valence-corrected chi connectivity index (χ4v) is 1.20. The van der Waals surface area contributed by atoms with Gasteiger partial charge in [-0.2, -0.15) is 0 Å². The Labute approximate surface area is 80.5 Å². The minimum atomic E-state index is -0.939. The molecule has 4 heteroatoms. The van der Waals surface area contributed by atoms with Crippen LogP contribution in [0.15, 0.2) is 12.1 Å². The van der Waals surface area contributed by atoms with Crippen molar-refractivity contribution in [2.75, 3.05) is 7.11 Å². The van der Waals surface area contributed by atoms with Gasteiger partial charge in [0, 0.05) is 12.0 Å². The number of rotatable bonds is 4. The Morgan fingerprint density at radius 1 is 1.43 bits per heavy atom. The van der Waals surface area contributed by atoms with Crippen LogP contribution in [0, 0.1) is 11.6 Å². The molecule has 0 aromatic heterocycles. The molecule has 1 rings (SSSR count). The number of aldehydes is 1. The van der Waals surface area contributed by atoms with Gasteiger partial charge in [0.05, 0.1) is 7.11 Å². The van der Waals surface area contributed by atoms with Crippen LogP contribution in [0.3, 0.4) is 0 Å². The molecule has 0 spiro atoms. The summed E-state index contributed by atoms with van der Waals surface area (Å²) < 4.78 is 30.9. The van der Waals surface area contributed by atoms with E-state index in [0.717, 1.165) is 6.07 Å². The Hall–Kier alpha value is -1.45. The molecule has 0 amide bonds. The van der Waals surface area contributed by atoms with Crippen molar-refractivity contribution in [2.45, 2.75) is 12.8 Å². The Morgan fingerprint density at radius 2 is 2.14 bits per heavy atom. The van der Waals surface area contributed by atoms with Crippen LogP contribution in [0.25, 0.3) is 0 Å². The lowest BCUT2D eigenvalue weighted by molar-refractivity contribution is -0.107. The summed E-state index contributed by atoms with van der Waals surface area (Å²) in [5, 5.41) is 0. The second kappa shape index (κ2) is 4.69. The molecule has 1 aromatic carbocycles. The fourth-order valence-electron chi connectivity index (χ4n) is 1.20. The number of hydrogen-bond acceptors (Lipinski definition) is 2. The summed E-state index contributed by atoms with van der Waals surface area (Å²) in [6, 6.07) is 2.34. The van der Waals surface area contributed by atoms with Crippen molar-refractivity contribution in [2.24, 2.45) is 0 Å². The highest BCUT2D eigenvalue weighted by Gasteiger charge is 2.13. The quantitative estimate of drug-likeness (QED) is 0.696. The maximum Gasteiger partial charge on any atom is 0.165 e. The summed E-state index contributed by atoms with van der Waals surface area (Å²) in [6.45, 7) is 0. The van der Waals surface area contributed by atoms with Gasteiger partial charge in [-0.3, -0.25) is 0 Å². The molecule has 0 saturated heterocycles. The van der Waals surface area contributed by atoms with E-state index >= 15 is 0 Å². The lowest BCUT2D eigenvalue weighted by atomic mass is 10.1. The monoisotopic (exact) mass is 200 g/mol. The van der Waals surface area contributed by atoms with Crippen molar-refractivity contribution in [1.82, 2.24) is 0 Å². The number of halogens is 2. The smallest absolute Gasteiger partial charge is 0.165 e. The maximum absolute atomic E-state index is 13.2. The van der Waals surface area contributed by atoms with Crippen molar-refractivity contribution >= 4 is 6.29 Å². The Morgan fingerprint density at radius 3 is 2.71 bits per heavy atom. The highest BCUT2D eigenvalue weighted by Crippen LogP contribution is 2.24. The minimum Gasteiger partial charge on any atom is -0.496 e. The highest BCUT2D eigenvalue weighted by atomic mass is 19.2. The minimum absolute atomic E-state index is 0.111. The van der Waals surface area contributed by atoms with E-state index < -0.39 is 11.6 Å². The van der Waals surface area contributed by atoms with Crippen LogP contribution in [0.1, 0.15) is 12.0 Å². The molecule has 2 nitrogen and oxygen atoms in total. The van der Waals surface area contributed by atoms with Gasteiger partial charge in [-0.1, -0.05) is 0 Å². The lowest BCUT2D eigenvalue weighted by Crippen LogP contribution is -1.99. The molecular weight excluding hydrogens is 190 g/mol. The number of ether oxygens (including phenoxy) is 1. The third-order valence-electron chi connectivity index (χ3n) is 1.89. The zero-order valence-corrected chi connectivity index (χ0v) is 7.72. The predicted molar refractivity (Wildman–Crippen MR) is 47.3 cm³/mol. The highest BCUT2D eigenvalue weighted by molar-refractivity contribution is 5.51. The topological polar surface area (TPSA) is 26.3 Å². The fraction of sp³-hybridized carbons (Fsp3) is 0.300. The molecule has 0 fully saturated rings. The Bertz CT molecular complexity index is 337. The molecular formula is C10H10F2O2. The molecule has 0 radical (unpaired) electrons. The molecule has 0 saturated carbocycles. The first-order valence-electron chi connectivity index (χ1n) is 4.15. The Balaban J connectivity index is 3.07.